The summed E-state index contributed by atoms with van der Waals surface area (Å²) in [6.45, 7) is 1.49. The van der Waals surface area contributed by atoms with E-state index in [1.165, 1.54) is 6.92 Å². The van der Waals surface area contributed by atoms with E-state index in [4.69, 9.17) is 0 Å². The van der Waals surface area contributed by atoms with Gasteiger partial charge in [0, 0.05) is 23.8 Å². The van der Waals surface area contributed by atoms with Gasteiger partial charge in [0.15, 0.2) is 0 Å². The molecule has 1 heterocycles. The molecule has 1 saturated heterocycles. The number of ketones is 2. The van der Waals surface area contributed by atoms with E-state index >= 15 is 0 Å². The minimum Gasteiger partial charge on any atom is -0.303 e. The highest BCUT2D eigenvalue weighted by molar-refractivity contribution is 8.76. The first-order valence-electron chi connectivity index (χ1n) is 4.88. The second-order valence-electron chi connectivity index (χ2n) is 3.64. The summed E-state index contributed by atoms with van der Waals surface area (Å²) in [4.78, 5) is 33.6. The topological polar surface area (TPSA) is 51.2 Å². The molecule has 3 nitrogen and oxygen atoms in total. The Morgan fingerprint density at radius 3 is 2.87 bits per heavy atom. The highest BCUT2D eigenvalue weighted by atomic mass is 33.1. The van der Waals surface area contributed by atoms with Crippen LogP contribution in [0.2, 0.25) is 0 Å². The van der Waals surface area contributed by atoms with Gasteiger partial charge >= 0.3 is 0 Å². The van der Waals surface area contributed by atoms with Crippen molar-refractivity contribution in [2.45, 2.75) is 19.8 Å². The van der Waals surface area contributed by atoms with Crippen molar-refractivity contribution in [1.29, 1.82) is 0 Å². The van der Waals surface area contributed by atoms with E-state index in [0.717, 1.165) is 5.75 Å². The fourth-order valence-electron chi connectivity index (χ4n) is 1.55. The second kappa shape index (κ2) is 6.33. The molecule has 2 unspecified atom stereocenters. The lowest BCUT2D eigenvalue weighted by Crippen LogP contribution is -2.29. The van der Waals surface area contributed by atoms with Gasteiger partial charge < -0.3 is 9.59 Å². The molecule has 0 amide bonds. The van der Waals surface area contributed by atoms with Crippen molar-refractivity contribution < 1.29 is 14.4 Å². The molecule has 2 atom stereocenters. The molecule has 0 aromatic carbocycles. The lowest BCUT2D eigenvalue weighted by atomic mass is 9.89. The first-order chi connectivity index (χ1) is 7.15. The number of Topliss-reactive ketones (excluding diaryl/α,β-unsaturated/α-hetero) is 2. The first kappa shape index (κ1) is 12.8. The summed E-state index contributed by atoms with van der Waals surface area (Å²) in [5, 5.41) is 0. The summed E-state index contributed by atoms with van der Waals surface area (Å²) in [6.07, 6.45) is 1.71. The SMILES string of the molecule is CC(=O)CC1CCSSCC(C=O)C1=O. The molecule has 1 fully saturated rings. The molecule has 0 aliphatic carbocycles. The summed E-state index contributed by atoms with van der Waals surface area (Å²) in [6, 6.07) is 0. The van der Waals surface area contributed by atoms with Gasteiger partial charge in [-0.25, -0.2) is 0 Å². The van der Waals surface area contributed by atoms with Crippen LogP contribution >= 0.6 is 21.6 Å². The predicted octanol–water partition coefficient (Wildman–Crippen LogP) is 1.75. The number of carbonyl (C=O) groups excluding carboxylic acids is 3. The number of hydrogen-bond donors (Lipinski definition) is 0. The molecule has 5 heteroatoms. The number of hydrogen-bond acceptors (Lipinski definition) is 5. The van der Waals surface area contributed by atoms with Crippen LogP contribution in [0.1, 0.15) is 19.8 Å². The van der Waals surface area contributed by atoms with Crippen LogP contribution in [0.4, 0.5) is 0 Å². The highest BCUT2D eigenvalue weighted by Gasteiger charge is 2.29. The molecule has 1 aliphatic heterocycles. The predicted molar refractivity (Wildman–Crippen MR) is 62.9 cm³/mol. The van der Waals surface area contributed by atoms with Crippen LogP contribution in [0.25, 0.3) is 0 Å². The molecule has 1 aliphatic rings. The Morgan fingerprint density at radius 1 is 1.53 bits per heavy atom. The first-order valence-corrected chi connectivity index (χ1v) is 7.36. The van der Waals surface area contributed by atoms with Gasteiger partial charge in [0.25, 0.3) is 0 Å². The maximum Gasteiger partial charge on any atom is 0.147 e. The van der Waals surface area contributed by atoms with Gasteiger partial charge in [-0.2, -0.15) is 0 Å². The van der Waals surface area contributed by atoms with Crippen LogP contribution in [0, 0.1) is 11.8 Å². The Kier molecular flexibility index (Phi) is 5.39. The standard InChI is InChI=1S/C10H14O3S2/c1-7(12)4-8-2-3-14-15-6-9(5-11)10(8)13/h5,8-9H,2-4,6H2,1H3. The van der Waals surface area contributed by atoms with E-state index in [2.05, 4.69) is 0 Å². The molecule has 0 spiro atoms. The van der Waals surface area contributed by atoms with Crippen molar-refractivity contribution in [1.82, 2.24) is 0 Å². The molecule has 0 radical (unpaired) electrons. The van der Waals surface area contributed by atoms with E-state index < -0.39 is 5.92 Å². The monoisotopic (exact) mass is 246 g/mol. The normalized spacial score (nSPS) is 27.9. The summed E-state index contributed by atoms with van der Waals surface area (Å²) >= 11 is 0. The van der Waals surface area contributed by atoms with Crippen LogP contribution in [0.15, 0.2) is 0 Å². The van der Waals surface area contributed by atoms with Crippen molar-refractivity contribution in [3.05, 3.63) is 0 Å². The summed E-state index contributed by atoms with van der Waals surface area (Å²) in [5.74, 6) is 0.629. The quantitative estimate of drug-likeness (QED) is 0.431. The smallest absolute Gasteiger partial charge is 0.147 e. The molecular formula is C10H14O3S2. The van der Waals surface area contributed by atoms with Gasteiger partial charge in [-0.15, -0.1) is 0 Å². The second-order valence-corrected chi connectivity index (χ2v) is 6.27. The van der Waals surface area contributed by atoms with E-state index in [0.29, 0.717) is 18.5 Å². The lowest BCUT2D eigenvalue weighted by molar-refractivity contribution is -0.132. The summed E-state index contributed by atoms with van der Waals surface area (Å²) < 4.78 is 0. The largest absolute Gasteiger partial charge is 0.303 e. The molecule has 0 aromatic rings. The molecular weight excluding hydrogens is 232 g/mol. The van der Waals surface area contributed by atoms with E-state index in [1.54, 1.807) is 21.6 Å². The van der Waals surface area contributed by atoms with Crippen molar-refractivity contribution >= 4 is 39.4 Å². The van der Waals surface area contributed by atoms with E-state index in [1.807, 2.05) is 0 Å². The van der Waals surface area contributed by atoms with Gasteiger partial charge in [-0.05, 0) is 13.3 Å². The maximum atomic E-state index is 11.9. The van der Waals surface area contributed by atoms with Crippen molar-refractivity contribution in [2.75, 3.05) is 11.5 Å². The van der Waals surface area contributed by atoms with E-state index in [-0.39, 0.29) is 23.9 Å². The Hall–Kier alpha value is -0.290. The fraction of sp³-hybridized carbons (Fsp3) is 0.700. The molecule has 1 rings (SSSR count). The Balaban J connectivity index is 2.68. The van der Waals surface area contributed by atoms with Crippen molar-refractivity contribution in [2.24, 2.45) is 11.8 Å². The molecule has 15 heavy (non-hydrogen) atoms. The molecule has 0 saturated carbocycles. The molecule has 0 N–H and O–H groups in total. The Bertz CT molecular complexity index is 265. The van der Waals surface area contributed by atoms with Crippen LogP contribution in [-0.2, 0) is 14.4 Å². The number of aldehydes is 1. The molecule has 84 valence electrons. The zero-order chi connectivity index (χ0) is 11.3. The van der Waals surface area contributed by atoms with Crippen LogP contribution in [0.5, 0.6) is 0 Å². The third-order valence-electron chi connectivity index (χ3n) is 2.35. The third kappa shape index (κ3) is 3.99. The average Bonchev–Trinajstić information content (AvgIpc) is 2.18. The summed E-state index contributed by atoms with van der Waals surface area (Å²) in [7, 11) is 3.24. The van der Waals surface area contributed by atoms with Gasteiger partial charge in [-0.1, -0.05) is 21.6 Å². The van der Waals surface area contributed by atoms with Crippen LogP contribution in [-0.4, -0.2) is 29.4 Å². The van der Waals surface area contributed by atoms with Gasteiger partial charge in [0.1, 0.15) is 17.9 Å². The Morgan fingerprint density at radius 2 is 2.27 bits per heavy atom. The molecule has 0 bridgehead atoms. The minimum absolute atomic E-state index is 0.0243. The highest BCUT2D eigenvalue weighted by Crippen LogP contribution is 2.31. The van der Waals surface area contributed by atoms with Crippen LogP contribution < -0.4 is 0 Å². The van der Waals surface area contributed by atoms with Crippen LogP contribution in [0.3, 0.4) is 0 Å². The lowest BCUT2D eigenvalue weighted by Gasteiger charge is -2.20. The zero-order valence-corrected chi connectivity index (χ0v) is 10.2. The molecule has 0 aromatic heterocycles. The van der Waals surface area contributed by atoms with E-state index in [9.17, 15) is 14.4 Å². The number of carbonyl (C=O) groups is 3. The number of rotatable bonds is 3. The minimum atomic E-state index is -0.521. The average molecular weight is 246 g/mol. The van der Waals surface area contributed by atoms with Gasteiger partial charge in [0.2, 0.25) is 0 Å². The van der Waals surface area contributed by atoms with Crippen molar-refractivity contribution in [3.8, 4) is 0 Å². The Labute approximate surface area is 97.1 Å². The van der Waals surface area contributed by atoms with Crippen molar-refractivity contribution in [3.63, 3.8) is 0 Å². The van der Waals surface area contributed by atoms with Gasteiger partial charge in [-0.3, -0.25) is 4.79 Å². The fourth-order valence-corrected chi connectivity index (χ4v) is 3.91. The third-order valence-corrected chi connectivity index (χ3v) is 4.82. The van der Waals surface area contributed by atoms with Gasteiger partial charge in [0.05, 0.1) is 5.92 Å². The summed E-state index contributed by atoms with van der Waals surface area (Å²) in [5.41, 5.74) is 0. The maximum absolute atomic E-state index is 11.9. The zero-order valence-electron chi connectivity index (χ0n) is 8.60.